The van der Waals surface area contributed by atoms with Crippen molar-refractivity contribution in [2.75, 3.05) is 51.9 Å². The molecule has 3 rings (SSSR count). The van der Waals surface area contributed by atoms with Gasteiger partial charge in [0.05, 0.1) is 20.3 Å². The zero-order valence-electron chi connectivity index (χ0n) is 17.2. The minimum atomic E-state index is 0. The van der Waals surface area contributed by atoms with Crippen molar-refractivity contribution >= 4 is 35.6 Å². The maximum Gasteiger partial charge on any atom is 0.191 e. The zero-order valence-corrected chi connectivity index (χ0v) is 19.5. The van der Waals surface area contributed by atoms with Gasteiger partial charge in [-0.25, -0.2) is 0 Å². The second-order valence-corrected chi connectivity index (χ2v) is 6.64. The Morgan fingerprint density at radius 1 is 1.03 bits per heavy atom. The summed E-state index contributed by atoms with van der Waals surface area (Å²) in [6.45, 7) is 4.95. The monoisotopic (exact) mass is 510 g/mol. The molecule has 1 aliphatic heterocycles. The van der Waals surface area contributed by atoms with Crippen molar-refractivity contribution in [3.8, 4) is 5.75 Å². The summed E-state index contributed by atoms with van der Waals surface area (Å²) < 4.78 is 10.9. The number of nitrogens with zero attached hydrogens (tertiary/aromatic N) is 2. The predicted molar refractivity (Wildman–Crippen MR) is 130 cm³/mol. The van der Waals surface area contributed by atoms with Crippen LogP contribution in [-0.4, -0.2) is 53.0 Å². The third-order valence-electron chi connectivity index (χ3n) is 4.89. The highest BCUT2D eigenvalue weighted by molar-refractivity contribution is 14.0. The van der Waals surface area contributed by atoms with E-state index in [1.165, 1.54) is 16.8 Å². The first-order chi connectivity index (χ1) is 13.8. The molecule has 0 aliphatic carbocycles. The number of aliphatic imine (C=N–C) groups is 1. The highest BCUT2D eigenvalue weighted by Gasteiger charge is 2.14. The molecule has 0 amide bonds. The smallest absolute Gasteiger partial charge is 0.191 e. The van der Waals surface area contributed by atoms with Crippen molar-refractivity contribution in [2.45, 2.75) is 13.0 Å². The lowest BCUT2D eigenvalue weighted by molar-refractivity contribution is 0.122. The van der Waals surface area contributed by atoms with Crippen LogP contribution in [0.25, 0.3) is 0 Å². The summed E-state index contributed by atoms with van der Waals surface area (Å²) in [6, 6.07) is 16.6. The Balaban J connectivity index is 0.00000300. The second-order valence-electron chi connectivity index (χ2n) is 6.64. The van der Waals surface area contributed by atoms with Gasteiger partial charge >= 0.3 is 0 Å². The molecule has 1 fully saturated rings. The van der Waals surface area contributed by atoms with Crippen LogP contribution in [0.2, 0.25) is 0 Å². The topological polar surface area (TPSA) is 58.1 Å². The van der Waals surface area contributed by atoms with Gasteiger partial charge in [-0.2, -0.15) is 0 Å². The van der Waals surface area contributed by atoms with Gasteiger partial charge in [-0.1, -0.05) is 36.4 Å². The average Bonchev–Trinajstić information content (AvgIpc) is 2.77. The first kappa shape index (κ1) is 23.3. The van der Waals surface area contributed by atoms with Crippen molar-refractivity contribution in [2.24, 2.45) is 4.99 Å². The zero-order chi connectivity index (χ0) is 19.6. The van der Waals surface area contributed by atoms with E-state index in [1.54, 1.807) is 14.2 Å². The number of rotatable bonds is 7. The van der Waals surface area contributed by atoms with Crippen molar-refractivity contribution in [1.29, 1.82) is 0 Å². The normalized spacial score (nSPS) is 14.1. The first-order valence-electron chi connectivity index (χ1n) is 9.79. The van der Waals surface area contributed by atoms with E-state index in [0.29, 0.717) is 0 Å². The van der Waals surface area contributed by atoms with E-state index in [0.717, 1.165) is 57.5 Å². The Morgan fingerprint density at radius 3 is 2.45 bits per heavy atom. The molecule has 0 atom stereocenters. The molecule has 1 saturated heterocycles. The number of hydrogen-bond acceptors (Lipinski definition) is 4. The van der Waals surface area contributed by atoms with E-state index in [-0.39, 0.29) is 24.0 Å². The van der Waals surface area contributed by atoms with E-state index >= 15 is 0 Å². The number of ether oxygens (including phenoxy) is 2. The minimum Gasteiger partial charge on any atom is -0.496 e. The summed E-state index contributed by atoms with van der Waals surface area (Å²) in [5, 5.41) is 6.82. The minimum absolute atomic E-state index is 0. The fourth-order valence-electron chi connectivity index (χ4n) is 3.40. The molecule has 0 saturated carbocycles. The van der Waals surface area contributed by atoms with Gasteiger partial charge < -0.3 is 25.0 Å². The molecule has 0 bridgehead atoms. The van der Waals surface area contributed by atoms with E-state index in [2.05, 4.69) is 50.9 Å². The largest absolute Gasteiger partial charge is 0.496 e. The number of morpholine rings is 1. The lowest BCUT2D eigenvalue weighted by Gasteiger charge is -2.30. The lowest BCUT2D eigenvalue weighted by Crippen LogP contribution is -2.39. The SMILES string of the molecule is CN=C(NCCc1ccccc1OC)NCc1ccccc1N1CCOCC1.I. The van der Waals surface area contributed by atoms with Gasteiger partial charge in [0.1, 0.15) is 5.75 Å². The molecule has 0 unspecified atom stereocenters. The number of halogens is 1. The van der Waals surface area contributed by atoms with Crippen LogP contribution in [0, 0.1) is 0 Å². The molecule has 1 heterocycles. The molecule has 2 aromatic rings. The lowest BCUT2D eigenvalue weighted by atomic mass is 10.1. The molecule has 6 nitrogen and oxygen atoms in total. The Labute approximate surface area is 190 Å². The molecule has 2 N–H and O–H groups in total. The van der Waals surface area contributed by atoms with E-state index < -0.39 is 0 Å². The Hall–Kier alpha value is -2.00. The molecular formula is C22H31IN4O2. The molecule has 7 heteroatoms. The number of methoxy groups -OCH3 is 1. The van der Waals surface area contributed by atoms with Crippen LogP contribution < -0.4 is 20.3 Å². The molecule has 29 heavy (non-hydrogen) atoms. The van der Waals surface area contributed by atoms with Gasteiger partial charge in [-0.15, -0.1) is 24.0 Å². The van der Waals surface area contributed by atoms with Crippen molar-refractivity contribution in [3.63, 3.8) is 0 Å². The van der Waals surface area contributed by atoms with Crippen LogP contribution >= 0.6 is 24.0 Å². The molecule has 0 aromatic heterocycles. The number of guanidine groups is 1. The van der Waals surface area contributed by atoms with Gasteiger partial charge in [-0.05, 0) is 29.7 Å². The standard InChI is InChI=1S/C22H30N4O2.HI/c1-23-22(24-12-11-18-7-4-6-10-21(18)27-2)25-17-19-8-3-5-9-20(19)26-13-15-28-16-14-26;/h3-10H,11-17H2,1-2H3,(H2,23,24,25);1H. The van der Waals surface area contributed by atoms with Crippen LogP contribution in [-0.2, 0) is 17.7 Å². The Kier molecular flexibility index (Phi) is 10.1. The van der Waals surface area contributed by atoms with Gasteiger partial charge in [0.25, 0.3) is 0 Å². The number of benzene rings is 2. The highest BCUT2D eigenvalue weighted by Crippen LogP contribution is 2.21. The molecule has 0 radical (unpaired) electrons. The third kappa shape index (κ3) is 6.78. The average molecular weight is 510 g/mol. The van der Waals surface area contributed by atoms with Gasteiger partial charge in [0.2, 0.25) is 0 Å². The summed E-state index contributed by atoms with van der Waals surface area (Å²) in [6.07, 6.45) is 0.870. The van der Waals surface area contributed by atoms with Gasteiger partial charge in [-0.3, -0.25) is 4.99 Å². The van der Waals surface area contributed by atoms with Gasteiger partial charge in [0.15, 0.2) is 5.96 Å². The first-order valence-corrected chi connectivity index (χ1v) is 9.79. The Bertz CT molecular complexity index is 779. The van der Waals surface area contributed by atoms with Gasteiger partial charge in [0, 0.05) is 38.9 Å². The summed E-state index contributed by atoms with van der Waals surface area (Å²) in [5.41, 5.74) is 3.71. The molecule has 2 aromatic carbocycles. The predicted octanol–water partition coefficient (Wildman–Crippen LogP) is 3.06. The number of nitrogens with one attached hydrogen (secondary N) is 2. The highest BCUT2D eigenvalue weighted by atomic mass is 127. The molecular weight excluding hydrogens is 479 g/mol. The number of anilines is 1. The van der Waals surface area contributed by atoms with Crippen LogP contribution in [0.1, 0.15) is 11.1 Å². The number of hydrogen-bond donors (Lipinski definition) is 2. The summed E-state index contributed by atoms with van der Waals surface area (Å²) in [7, 11) is 3.50. The fraction of sp³-hybridized carbons (Fsp3) is 0.409. The molecule has 158 valence electrons. The summed E-state index contributed by atoms with van der Waals surface area (Å²) >= 11 is 0. The van der Waals surface area contributed by atoms with E-state index in [4.69, 9.17) is 9.47 Å². The van der Waals surface area contributed by atoms with Crippen molar-refractivity contribution < 1.29 is 9.47 Å². The van der Waals surface area contributed by atoms with E-state index in [9.17, 15) is 0 Å². The summed E-state index contributed by atoms with van der Waals surface area (Å²) in [4.78, 5) is 6.74. The van der Waals surface area contributed by atoms with Crippen LogP contribution in [0.5, 0.6) is 5.75 Å². The Morgan fingerprint density at radius 2 is 1.72 bits per heavy atom. The van der Waals surface area contributed by atoms with E-state index in [1.807, 2.05) is 18.2 Å². The maximum absolute atomic E-state index is 5.48. The summed E-state index contributed by atoms with van der Waals surface area (Å²) in [5.74, 6) is 1.72. The van der Waals surface area contributed by atoms with Crippen LogP contribution in [0.3, 0.4) is 0 Å². The van der Waals surface area contributed by atoms with Crippen molar-refractivity contribution in [1.82, 2.24) is 10.6 Å². The second kappa shape index (κ2) is 12.5. The van der Waals surface area contributed by atoms with Crippen LogP contribution in [0.4, 0.5) is 5.69 Å². The molecule has 0 spiro atoms. The quantitative estimate of drug-likeness (QED) is 0.341. The third-order valence-corrected chi connectivity index (χ3v) is 4.89. The van der Waals surface area contributed by atoms with Crippen LogP contribution in [0.15, 0.2) is 53.5 Å². The van der Waals surface area contributed by atoms with Crippen molar-refractivity contribution in [3.05, 3.63) is 59.7 Å². The molecule has 1 aliphatic rings. The maximum atomic E-state index is 5.48. The fourth-order valence-corrected chi connectivity index (χ4v) is 3.40. The number of para-hydroxylation sites is 2.